The van der Waals surface area contributed by atoms with Crippen LogP contribution in [0, 0.1) is 5.92 Å². The minimum absolute atomic E-state index is 0.159. The van der Waals surface area contributed by atoms with E-state index in [9.17, 15) is 4.79 Å². The summed E-state index contributed by atoms with van der Waals surface area (Å²) in [6, 6.07) is 6.36. The molecule has 2 aliphatic rings. The van der Waals surface area contributed by atoms with Gasteiger partial charge in [-0.3, -0.25) is 4.79 Å². The number of likely N-dealkylation sites (N-methyl/N-ethyl adjacent to an activating group) is 1. The molecule has 1 aromatic rings. The van der Waals surface area contributed by atoms with Gasteiger partial charge in [0.25, 0.3) is 0 Å². The van der Waals surface area contributed by atoms with E-state index in [2.05, 4.69) is 12.1 Å². The second kappa shape index (κ2) is 3.32. The van der Waals surface area contributed by atoms with Crippen molar-refractivity contribution in [3.63, 3.8) is 0 Å². The number of hydrogen-bond donors (Lipinski definition) is 1. The molecule has 1 aromatic carbocycles. The number of fused-ring (bicyclic) bond motifs is 1. The molecule has 0 aromatic heterocycles. The Hall–Kier alpha value is -1.35. The lowest BCUT2D eigenvalue weighted by Crippen LogP contribution is -2.20. The van der Waals surface area contributed by atoms with Gasteiger partial charge in [-0.05, 0) is 36.0 Å². The molecule has 84 valence electrons. The predicted molar refractivity (Wildman–Crippen MR) is 63.2 cm³/mol. The minimum atomic E-state index is 0.159. The molecular formula is C13H16N2O. The fourth-order valence-electron chi connectivity index (χ4n) is 2.42. The monoisotopic (exact) mass is 216 g/mol. The van der Waals surface area contributed by atoms with Gasteiger partial charge in [-0.25, -0.2) is 0 Å². The van der Waals surface area contributed by atoms with Gasteiger partial charge in [-0.1, -0.05) is 12.1 Å². The molecule has 0 radical (unpaired) electrons. The molecule has 3 nitrogen and oxygen atoms in total. The summed E-state index contributed by atoms with van der Waals surface area (Å²) < 4.78 is 0. The standard InChI is InChI=1S/C13H16N2O/c1-15-11-5-4-9(13(14)8-2-3-8)6-10(11)7-12(15)16/h4-6,8,13H,2-3,7,14H2,1H3. The van der Waals surface area contributed by atoms with Gasteiger partial charge in [0.1, 0.15) is 0 Å². The van der Waals surface area contributed by atoms with Gasteiger partial charge in [-0.15, -0.1) is 0 Å². The number of hydrogen-bond acceptors (Lipinski definition) is 2. The molecule has 1 atom stereocenters. The highest BCUT2D eigenvalue weighted by atomic mass is 16.2. The average Bonchev–Trinajstić information content (AvgIpc) is 3.07. The Kier molecular flexibility index (Phi) is 2.04. The summed E-state index contributed by atoms with van der Waals surface area (Å²) >= 11 is 0. The molecule has 1 saturated carbocycles. The van der Waals surface area contributed by atoms with Gasteiger partial charge in [0.05, 0.1) is 6.42 Å². The summed E-state index contributed by atoms with van der Waals surface area (Å²) in [4.78, 5) is 13.3. The number of benzene rings is 1. The zero-order valence-electron chi connectivity index (χ0n) is 9.44. The lowest BCUT2D eigenvalue weighted by molar-refractivity contribution is -0.117. The van der Waals surface area contributed by atoms with Crippen molar-refractivity contribution in [2.24, 2.45) is 11.7 Å². The number of carbonyl (C=O) groups is 1. The summed E-state index contributed by atoms with van der Waals surface area (Å²) in [5.41, 5.74) is 9.51. The number of rotatable bonds is 2. The van der Waals surface area contributed by atoms with Gasteiger partial charge < -0.3 is 10.6 Å². The zero-order valence-corrected chi connectivity index (χ0v) is 9.44. The van der Waals surface area contributed by atoms with Crippen LogP contribution in [0.15, 0.2) is 18.2 Å². The molecule has 1 fully saturated rings. The molecule has 3 heteroatoms. The Morgan fingerprint density at radius 1 is 1.44 bits per heavy atom. The van der Waals surface area contributed by atoms with Crippen LogP contribution in [0.3, 0.4) is 0 Å². The lowest BCUT2D eigenvalue weighted by Gasteiger charge is -2.14. The SMILES string of the molecule is CN1C(=O)Cc2cc(C(N)C3CC3)ccc21. The van der Waals surface area contributed by atoms with Gasteiger partial charge in [0.2, 0.25) is 5.91 Å². The van der Waals surface area contributed by atoms with E-state index in [0.717, 1.165) is 11.3 Å². The number of carbonyl (C=O) groups excluding carboxylic acids is 1. The van der Waals surface area contributed by atoms with Gasteiger partial charge in [-0.2, -0.15) is 0 Å². The van der Waals surface area contributed by atoms with Crippen LogP contribution < -0.4 is 10.6 Å². The Balaban J connectivity index is 1.94. The molecule has 0 saturated heterocycles. The summed E-state index contributed by atoms with van der Waals surface area (Å²) in [5.74, 6) is 0.833. The van der Waals surface area contributed by atoms with Crippen LogP contribution in [-0.4, -0.2) is 13.0 Å². The maximum atomic E-state index is 11.6. The molecule has 2 N–H and O–H groups in total. The predicted octanol–water partition coefficient (Wildman–Crippen LogP) is 1.62. The van der Waals surface area contributed by atoms with Crippen LogP contribution in [0.4, 0.5) is 5.69 Å². The smallest absolute Gasteiger partial charge is 0.231 e. The lowest BCUT2D eigenvalue weighted by atomic mass is 10.00. The van der Waals surface area contributed by atoms with E-state index in [0.29, 0.717) is 12.3 Å². The van der Waals surface area contributed by atoms with Crippen LogP contribution in [0.2, 0.25) is 0 Å². The molecule has 16 heavy (non-hydrogen) atoms. The van der Waals surface area contributed by atoms with Crippen LogP contribution in [0.5, 0.6) is 0 Å². The van der Waals surface area contributed by atoms with Crippen molar-refractivity contribution in [3.05, 3.63) is 29.3 Å². The fourth-order valence-corrected chi connectivity index (χ4v) is 2.42. The van der Waals surface area contributed by atoms with Crippen molar-refractivity contribution in [3.8, 4) is 0 Å². The third kappa shape index (κ3) is 1.43. The molecule has 1 aliphatic heterocycles. The maximum Gasteiger partial charge on any atom is 0.231 e. The van der Waals surface area contributed by atoms with E-state index < -0.39 is 0 Å². The third-order valence-corrected chi connectivity index (χ3v) is 3.70. The molecule has 1 unspecified atom stereocenters. The van der Waals surface area contributed by atoms with Crippen molar-refractivity contribution in [1.29, 1.82) is 0 Å². The van der Waals surface area contributed by atoms with E-state index >= 15 is 0 Å². The summed E-state index contributed by atoms with van der Waals surface area (Å²) in [6.07, 6.45) is 3.02. The van der Waals surface area contributed by atoms with Crippen LogP contribution in [-0.2, 0) is 11.2 Å². The van der Waals surface area contributed by atoms with Crippen LogP contribution >= 0.6 is 0 Å². The van der Waals surface area contributed by atoms with Crippen molar-refractivity contribution in [1.82, 2.24) is 0 Å². The number of anilines is 1. The summed E-state index contributed by atoms with van der Waals surface area (Å²) in [6.45, 7) is 0. The van der Waals surface area contributed by atoms with Crippen molar-refractivity contribution < 1.29 is 4.79 Å². The van der Waals surface area contributed by atoms with Gasteiger partial charge >= 0.3 is 0 Å². The highest BCUT2D eigenvalue weighted by Gasteiger charge is 2.31. The maximum absolute atomic E-state index is 11.6. The van der Waals surface area contributed by atoms with Crippen LogP contribution in [0.1, 0.15) is 30.0 Å². The molecule has 1 heterocycles. The Bertz CT molecular complexity index is 451. The number of nitrogens with zero attached hydrogens (tertiary/aromatic N) is 1. The Labute approximate surface area is 95.2 Å². The van der Waals surface area contributed by atoms with E-state index in [1.165, 1.54) is 18.4 Å². The topological polar surface area (TPSA) is 46.3 Å². The molecule has 1 amide bonds. The highest BCUT2D eigenvalue weighted by molar-refractivity contribution is 6.00. The van der Waals surface area contributed by atoms with Crippen molar-refractivity contribution >= 4 is 11.6 Å². The second-order valence-corrected chi connectivity index (χ2v) is 4.88. The molecule has 0 spiro atoms. The minimum Gasteiger partial charge on any atom is -0.324 e. The highest BCUT2D eigenvalue weighted by Crippen LogP contribution is 2.40. The second-order valence-electron chi connectivity index (χ2n) is 4.88. The summed E-state index contributed by atoms with van der Waals surface area (Å²) in [7, 11) is 1.83. The average molecular weight is 216 g/mol. The van der Waals surface area contributed by atoms with Gasteiger partial charge in [0, 0.05) is 18.8 Å². The first kappa shape index (κ1) is 9.85. The fraction of sp³-hybridized carbons (Fsp3) is 0.462. The first-order valence-electron chi connectivity index (χ1n) is 5.82. The zero-order chi connectivity index (χ0) is 11.3. The molecule has 1 aliphatic carbocycles. The quantitative estimate of drug-likeness (QED) is 0.816. The molecule has 0 bridgehead atoms. The first-order valence-corrected chi connectivity index (χ1v) is 5.82. The number of nitrogens with two attached hydrogens (primary N) is 1. The van der Waals surface area contributed by atoms with E-state index in [-0.39, 0.29) is 11.9 Å². The van der Waals surface area contributed by atoms with E-state index in [1.54, 1.807) is 4.90 Å². The Morgan fingerprint density at radius 2 is 2.19 bits per heavy atom. The Morgan fingerprint density at radius 3 is 2.88 bits per heavy atom. The van der Waals surface area contributed by atoms with Crippen molar-refractivity contribution in [2.75, 3.05) is 11.9 Å². The first-order chi connectivity index (χ1) is 7.66. The number of amides is 1. The molecular weight excluding hydrogens is 200 g/mol. The van der Waals surface area contributed by atoms with Crippen LogP contribution in [0.25, 0.3) is 0 Å². The van der Waals surface area contributed by atoms with Gasteiger partial charge in [0.15, 0.2) is 0 Å². The van der Waals surface area contributed by atoms with Crippen molar-refractivity contribution in [2.45, 2.75) is 25.3 Å². The van der Waals surface area contributed by atoms with E-state index in [4.69, 9.17) is 5.73 Å². The largest absolute Gasteiger partial charge is 0.324 e. The third-order valence-electron chi connectivity index (χ3n) is 3.70. The molecule has 3 rings (SSSR count). The summed E-state index contributed by atoms with van der Waals surface area (Å²) in [5, 5.41) is 0. The normalized spacial score (nSPS) is 21.1. The van der Waals surface area contributed by atoms with E-state index in [1.807, 2.05) is 13.1 Å².